The van der Waals surface area contributed by atoms with Gasteiger partial charge in [-0.05, 0) is 29.5 Å². The van der Waals surface area contributed by atoms with Crippen molar-refractivity contribution in [3.8, 4) is 0 Å². The summed E-state index contributed by atoms with van der Waals surface area (Å²) < 4.78 is 19.3. The molecule has 0 aliphatic carbocycles. The number of nitrogens with two attached hydrogens (primary N) is 1. The normalized spacial score (nSPS) is 12.6. The highest BCUT2D eigenvalue weighted by molar-refractivity contribution is 7.13. The number of imide groups is 1. The second-order valence-electron chi connectivity index (χ2n) is 8.07. The molecule has 0 saturated carbocycles. The predicted molar refractivity (Wildman–Crippen MR) is 129 cm³/mol. The molecular formula is C24H26FN5O4S. The number of amides is 3. The minimum Gasteiger partial charge on any atom is -0.444 e. The fourth-order valence-corrected chi connectivity index (χ4v) is 3.77. The van der Waals surface area contributed by atoms with Crippen molar-refractivity contribution in [2.45, 2.75) is 39.0 Å². The molecule has 1 aromatic heterocycles. The Hall–Kier alpha value is -3.70. The first-order valence-electron chi connectivity index (χ1n) is 10.9. The molecule has 2 aromatic carbocycles. The molecule has 1 heterocycles. The van der Waals surface area contributed by atoms with E-state index < -0.39 is 41.7 Å². The summed E-state index contributed by atoms with van der Waals surface area (Å²) in [6.07, 6.45) is -1.01. The Labute approximate surface area is 206 Å². The maximum absolute atomic E-state index is 14.0. The molecule has 3 amide bonds. The highest BCUT2D eigenvalue weighted by atomic mass is 32.1. The quantitative estimate of drug-likeness (QED) is 0.463. The second-order valence-corrected chi connectivity index (χ2v) is 8.88. The summed E-state index contributed by atoms with van der Waals surface area (Å²) in [5, 5.41) is 10.1. The topological polar surface area (TPSA) is 128 Å². The molecule has 3 aromatic rings. The van der Waals surface area contributed by atoms with Crippen molar-refractivity contribution in [3.63, 3.8) is 0 Å². The molecule has 2 atom stereocenters. The van der Waals surface area contributed by atoms with E-state index in [4.69, 9.17) is 10.5 Å². The van der Waals surface area contributed by atoms with E-state index in [1.54, 1.807) is 44.2 Å². The molecule has 0 radical (unpaired) electrons. The zero-order valence-corrected chi connectivity index (χ0v) is 20.1. The van der Waals surface area contributed by atoms with Crippen LogP contribution in [-0.2, 0) is 27.4 Å². The van der Waals surface area contributed by atoms with Gasteiger partial charge in [-0.1, -0.05) is 73.7 Å². The molecule has 3 rings (SSSR count). The number of anilines is 1. The predicted octanol–water partition coefficient (Wildman–Crippen LogP) is 3.06. The number of carbonyl (C=O) groups excluding carboxylic acids is 3. The van der Waals surface area contributed by atoms with E-state index in [0.29, 0.717) is 0 Å². The molecule has 0 aliphatic heterocycles. The van der Waals surface area contributed by atoms with Crippen LogP contribution in [0.1, 0.15) is 25.0 Å². The molecule has 0 bridgehead atoms. The van der Waals surface area contributed by atoms with Crippen LogP contribution >= 0.6 is 11.3 Å². The maximum Gasteiger partial charge on any atom is 0.423 e. The molecule has 11 heteroatoms. The lowest BCUT2D eigenvalue weighted by Crippen LogP contribution is -2.56. The van der Waals surface area contributed by atoms with Crippen LogP contribution in [0.3, 0.4) is 0 Å². The Kier molecular flexibility index (Phi) is 8.98. The third-order valence-corrected chi connectivity index (χ3v) is 5.79. The van der Waals surface area contributed by atoms with Crippen molar-refractivity contribution in [1.82, 2.24) is 15.5 Å². The van der Waals surface area contributed by atoms with Crippen molar-refractivity contribution in [1.29, 1.82) is 0 Å². The van der Waals surface area contributed by atoms with E-state index in [9.17, 15) is 18.8 Å². The summed E-state index contributed by atoms with van der Waals surface area (Å²) in [5.41, 5.74) is 8.38. The van der Waals surface area contributed by atoms with E-state index in [1.165, 1.54) is 23.7 Å². The van der Waals surface area contributed by atoms with Crippen molar-refractivity contribution in [3.05, 3.63) is 77.1 Å². The van der Waals surface area contributed by atoms with Gasteiger partial charge in [0, 0.05) is 0 Å². The standard InChI is InChI=1S/C24H26FN5O4S/c1-15(2)20(28-21(31)19(26)12-17-10-6-7-11-18(17)25)22(32)30(23-29-27-14-35-23)24(33)34-13-16-8-4-3-5-9-16/h3-11,14-15,19-20H,12-13,26H2,1-2H3,(H,28,31)/t19-,20-/m0/s1. The number of carbonyl (C=O) groups is 3. The van der Waals surface area contributed by atoms with E-state index in [1.807, 2.05) is 6.07 Å². The number of nitrogens with one attached hydrogen (secondary N) is 1. The Morgan fingerprint density at radius 1 is 1.11 bits per heavy atom. The van der Waals surface area contributed by atoms with Gasteiger partial charge in [0.1, 0.15) is 24.0 Å². The fraction of sp³-hybridized carbons (Fsp3) is 0.292. The van der Waals surface area contributed by atoms with Gasteiger partial charge in [-0.15, -0.1) is 10.2 Å². The van der Waals surface area contributed by atoms with Gasteiger partial charge < -0.3 is 15.8 Å². The second kappa shape index (κ2) is 12.1. The lowest BCUT2D eigenvalue weighted by molar-refractivity contribution is -0.129. The largest absolute Gasteiger partial charge is 0.444 e. The number of benzene rings is 2. The van der Waals surface area contributed by atoms with Gasteiger partial charge in [-0.3, -0.25) is 9.59 Å². The van der Waals surface area contributed by atoms with Crippen molar-refractivity contribution in [2.24, 2.45) is 11.7 Å². The number of hydrogen-bond donors (Lipinski definition) is 2. The minimum atomic E-state index is -1.12. The molecule has 3 N–H and O–H groups in total. The zero-order valence-electron chi connectivity index (χ0n) is 19.3. The van der Waals surface area contributed by atoms with Gasteiger partial charge in [0.2, 0.25) is 11.0 Å². The van der Waals surface area contributed by atoms with E-state index in [0.717, 1.165) is 21.8 Å². The van der Waals surface area contributed by atoms with Crippen molar-refractivity contribution < 1.29 is 23.5 Å². The van der Waals surface area contributed by atoms with Crippen LogP contribution in [0.5, 0.6) is 0 Å². The maximum atomic E-state index is 14.0. The van der Waals surface area contributed by atoms with Crippen LogP contribution in [-0.4, -0.2) is 40.2 Å². The molecule has 0 spiro atoms. The van der Waals surface area contributed by atoms with Crippen LogP contribution in [0.25, 0.3) is 0 Å². The summed E-state index contributed by atoms with van der Waals surface area (Å²) in [7, 11) is 0. The molecule has 35 heavy (non-hydrogen) atoms. The minimum absolute atomic E-state index is 0.00335. The smallest absolute Gasteiger partial charge is 0.423 e. The summed E-state index contributed by atoms with van der Waals surface area (Å²) in [6, 6.07) is 12.7. The first kappa shape index (κ1) is 25.9. The van der Waals surface area contributed by atoms with Crippen LogP contribution in [0, 0.1) is 11.7 Å². The average Bonchev–Trinajstić information content (AvgIpc) is 3.37. The molecule has 0 saturated heterocycles. The molecule has 9 nitrogen and oxygen atoms in total. The van der Waals surface area contributed by atoms with Crippen molar-refractivity contribution >= 4 is 34.4 Å². The van der Waals surface area contributed by atoms with Crippen LogP contribution < -0.4 is 16.0 Å². The van der Waals surface area contributed by atoms with E-state index >= 15 is 0 Å². The van der Waals surface area contributed by atoms with Crippen LogP contribution in [0.15, 0.2) is 60.1 Å². The molecule has 0 unspecified atom stereocenters. The van der Waals surface area contributed by atoms with E-state index in [2.05, 4.69) is 15.5 Å². The Morgan fingerprint density at radius 2 is 1.80 bits per heavy atom. The zero-order chi connectivity index (χ0) is 25.4. The lowest BCUT2D eigenvalue weighted by Gasteiger charge is -2.27. The first-order valence-corrected chi connectivity index (χ1v) is 11.8. The van der Waals surface area contributed by atoms with Crippen LogP contribution in [0.2, 0.25) is 0 Å². The number of aromatic nitrogens is 2. The van der Waals surface area contributed by atoms with Gasteiger partial charge in [0.05, 0.1) is 6.04 Å². The van der Waals surface area contributed by atoms with Gasteiger partial charge in [-0.25, -0.2) is 9.18 Å². The summed E-state index contributed by atoms with van der Waals surface area (Å²) in [6.45, 7) is 3.35. The van der Waals surface area contributed by atoms with Crippen LogP contribution in [0.4, 0.5) is 14.3 Å². The Bertz CT molecular complexity index is 1140. The highest BCUT2D eigenvalue weighted by Crippen LogP contribution is 2.21. The summed E-state index contributed by atoms with van der Waals surface area (Å²) in [5.74, 6) is -2.29. The molecule has 0 fully saturated rings. The van der Waals surface area contributed by atoms with Gasteiger partial charge in [0.15, 0.2) is 0 Å². The SMILES string of the molecule is CC(C)[C@H](NC(=O)[C@@H](N)Cc1ccccc1F)C(=O)N(C(=O)OCc1ccccc1)c1nncs1. The third-order valence-electron chi connectivity index (χ3n) is 5.11. The number of halogens is 1. The summed E-state index contributed by atoms with van der Waals surface area (Å²) in [4.78, 5) is 39.9. The molecule has 184 valence electrons. The average molecular weight is 500 g/mol. The first-order chi connectivity index (χ1) is 16.8. The Balaban J connectivity index is 1.75. The monoisotopic (exact) mass is 499 g/mol. The number of ether oxygens (including phenoxy) is 1. The highest BCUT2D eigenvalue weighted by Gasteiger charge is 2.36. The number of hydrogen-bond acceptors (Lipinski definition) is 8. The molecular weight excluding hydrogens is 473 g/mol. The Morgan fingerprint density at radius 3 is 2.43 bits per heavy atom. The van der Waals surface area contributed by atoms with Crippen molar-refractivity contribution in [2.75, 3.05) is 4.90 Å². The third kappa shape index (κ3) is 6.90. The fourth-order valence-electron chi connectivity index (χ4n) is 3.22. The lowest BCUT2D eigenvalue weighted by atomic mass is 10.0. The van der Waals surface area contributed by atoms with E-state index in [-0.39, 0.29) is 23.7 Å². The van der Waals surface area contributed by atoms with Gasteiger partial charge >= 0.3 is 6.09 Å². The number of rotatable bonds is 9. The molecule has 0 aliphatic rings. The van der Waals surface area contributed by atoms with Gasteiger partial charge in [0.25, 0.3) is 5.91 Å². The number of nitrogens with zero attached hydrogens (tertiary/aromatic N) is 3. The van der Waals surface area contributed by atoms with Gasteiger partial charge in [-0.2, -0.15) is 4.90 Å². The summed E-state index contributed by atoms with van der Waals surface area (Å²) >= 11 is 0.970.